The Bertz CT molecular complexity index is 440. The molecule has 1 aromatic rings. The third kappa shape index (κ3) is 5.48. The zero-order chi connectivity index (χ0) is 13.0. The molecule has 1 amide bonds. The van der Waals surface area contributed by atoms with Crippen LogP contribution in [0.3, 0.4) is 0 Å². The molecule has 7 heteroatoms. The maximum Gasteiger partial charge on any atom is 0.253 e. The highest BCUT2D eigenvalue weighted by molar-refractivity contribution is 9.10. The van der Waals surface area contributed by atoms with Gasteiger partial charge in [-0.15, -0.1) is 24.8 Å². The molecule has 0 aliphatic carbocycles. The summed E-state index contributed by atoms with van der Waals surface area (Å²) in [7, 11) is 0. The molecular formula is C13H20BrCl2N3O. The summed E-state index contributed by atoms with van der Waals surface area (Å²) in [6, 6.07) is 5.31. The molecule has 0 aromatic heterocycles. The van der Waals surface area contributed by atoms with Crippen molar-refractivity contribution in [1.29, 1.82) is 0 Å². The van der Waals surface area contributed by atoms with E-state index in [9.17, 15) is 4.79 Å². The molecule has 1 heterocycles. The van der Waals surface area contributed by atoms with Crippen molar-refractivity contribution in [3.8, 4) is 0 Å². The van der Waals surface area contributed by atoms with Crippen molar-refractivity contribution in [2.75, 3.05) is 31.9 Å². The van der Waals surface area contributed by atoms with Crippen LogP contribution in [0.25, 0.3) is 0 Å². The Kier molecular flexibility index (Phi) is 9.22. The maximum absolute atomic E-state index is 11.9. The summed E-state index contributed by atoms with van der Waals surface area (Å²) in [5.74, 6) is -0.0980. The Morgan fingerprint density at radius 3 is 2.55 bits per heavy atom. The van der Waals surface area contributed by atoms with Gasteiger partial charge in [-0.3, -0.25) is 4.79 Å². The Balaban J connectivity index is 0.00000180. The number of likely N-dealkylation sites (tertiary alicyclic amines) is 1. The lowest BCUT2D eigenvalue weighted by molar-refractivity contribution is 0.0950. The predicted molar refractivity (Wildman–Crippen MR) is 91.1 cm³/mol. The molecule has 0 bridgehead atoms. The molecule has 0 radical (unpaired) electrons. The topological polar surface area (TPSA) is 58.4 Å². The van der Waals surface area contributed by atoms with Gasteiger partial charge < -0.3 is 16.0 Å². The molecule has 0 unspecified atom stereocenters. The van der Waals surface area contributed by atoms with Crippen LogP contribution < -0.4 is 11.1 Å². The molecule has 1 aromatic carbocycles. The van der Waals surface area contributed by atoms with Gasteiger partial charge in [0.1, 0.15) is 0 Å². The molecule has 1 fully saturated rings. The molecule has 1 aliphatic rings. The molecule has 3 N–H and O–H groups in total. The normalized spacial score (nSPS) is 14.2. The number of hydrogen-bond acceptors (Lipinski definition) is 3. The minimum Gasteiger partial charge on any atom is -0.398 e. The minimum absolute atomic E-state index is 0. The summed E-state index contributed by atoms with van der Waals surface area (Å²) < 4.78 is 0.883. The first-order valence-electron chi connectivity index (χ1n) is 6.22. The summed E-state index contributed by atoms with van der Waals surface area (Å²) in [4.78, 5) is 14.3. The second kappa shape index (κ2) is 9.45. The van der Waals surface area contributed by atoms with Crippen molar-refractivity contribution < 1.29 is 4.79 Å². The summed E-state index contributed by atoms with van der Waals surface area (Å²) in [6.45, 7) is 3.89. The molecular weight excluding hydrogens is 365 g/mol. The van der Waals surface area contributed by atoms with Crippen LogP contribution in [0.15, 0.2) is 22.7 Å². The molecule has 114 valence electrons. The summed E-state index contributed by atoms with van der Waals surface area (Å²) in [5, 5.41) is 2.91. The lowest BCUT2D eigenvalue weighted by atomic mass is 10.1. The van der Waals surface area contributed by atoms with Crippen molar-refractivity contribution in [3.05, 3.63) is 28.2 Å². The van der Waals surface area contributed by atoms with Gasteiger partial charge in [0, 0.05) is 23.2 Å². The van der Waals surface area contributed by atoms with Gasteiger partial charge in [0.25, 0.3) is 5.91 Å². The van der Waals surface area contributed by atoms with Crippen LogP contribution in [0.5, 0.6) is 0 Å². The van der Waals surface area contributed by atoms with Gasteiger partial charge in [-0.1, -0.05) is 15.9 Å². The largest absolute Gasteiger partial charge is 0.398 e. The first kappa shape index (κ1) is 19.5. The number of nitrogen functional groups attached to an aromatic ring is 1. The fourth-order valence-electron chi connectivity index (χ4n) is 2.17. The van der Waals surface area contributed by atoms with Crippen molar-refractivity contribution in [3.63, 3.8) is 0 Å². The number of anilines is 1. The van der Waals surface area contributed by atoms with Crippen LogP contribution in [0.4, 0.5) is 5.69 Å². The van der Waals surface area contributed by atoms with Gasteiger partial charge in [0.15, 0.2) is 0 Å². The number of halogens is 3. The second-order valence-electron chi connectivity index (χ2n) is 4.54. The highest BCUT2D eigenvalue weighted by Gasteiger charge is 2.12. The quantitative estimate of drug-likeness (QED) is 0.784. The zero-order valence-corrected chi connectivity index (χ0v) is 14.3. The van der Waals surface area contributed by atoms with E-state index in [2.05, 4.69) is 26.1 Å². The SMILES string of the molecule is Cl.Cl.Nc1cc(Br)ccc1C(=O)NCCN1CCCC1. The number of rotatable bonds is 4. The Morgan fingerprint density at radius 2 is 1.95 bits per heavy atom. The van der Waals surface area contributed by atoms with E-state index in [0.29, 0.717) is 17.8 Å². The predicted octanol–water partition coefficient (Wildman–Crippen LogP) is 2.70. The number of amides is 1. The van der Waals surface area contributed by atoms with E-state index in [1.807, 2.05) is 6.07 Å². The fraction of sp³-hybridized carbons (Fsp3) is 0.462. The van der Waals surface area contributed by atoms with Crippen molar-refractivity contribution in [2.45, 2.75) is 12.8 Å². The Labute approximate surface area is 140 Å². The van der Waals surface area contributed by atoms with E-state index in [1.54, 1.807) is 12.1 Å². The average molecular weight is 385 g/mol. The van der Waals surface area contributed by atoms with Gasteiger partial charge in [-0.25, -0.2) is 0 Å². The van der Waals surface area contributed by atoms with Gasteiger partial charge in [0.05, 0.1) is 5.56 Å². The third-order valence-electron chi connectivity index (χ3n) is 3.17. The summed E-state index contributed by atoms with van der Waals surface area (Å²) in [5.41, 5.74) is 6.86. The van der Waals surface area contributed by atoms with E-state index in [0.717, 1.165) is 24.1 Å². The second-order valence-corrected chi connectivity index (χ2v) is 5.45. The molecule has 0 saturated carbocycles. The molecule has 0 atom stereocenters. The molecule has 1 saturated heterocycles. The highest BCUT2D eigenvalue weighted by atomic mass is 79.9. The maximum atomic E-state index is 11.9. The molecule has 0 spiro atoms. The van der Waals surface area contributed by atoms with E-state index in [4.69, 9.17) is 5.73 Å². The van der Waals surface area contributed by atoms with E-state index in [1.165, 1.54) is 12.8 Å². The van der Waals surface area contributed by atoms with Crippen LogP contribution in [-0.2, 0) is 0 Å². The van der Waals surface area contributed by atoms with Gasteiger partial charge in [-0.05, 0) is 44.1 Å². The summed E-state index contributed by atoms with van der Waals surface area (Å²) in [6.07, 6.45) is 2.54. The van der Waals surface area contributed by atoms with E-state index < -0.39 is 0 Å². The zero-order valence-electron chi connectivity index (χ0n) is 11.1. The lowest BCUT2D eigenvalue weighted by Gasteiger charge is -2.15. The van der Waals surface area contributed by atoms with Crippen LogP contribution in [-0.4, -0.2) is 37.0 Å². The van der Waals surface area contributed by atoms with Crippen molar-refractivity contribution >= 4 is 52.3 Å². The van der Waals surface area contributed by atoms with E-state index in [-0.39, 0.29) is 30.7 Å². The number of carbonyl (C=O) groups is 1. The fourth-order valence-corrected chi connectivity index (χ4v) is 2.55. The van der Waals surface area contributed by atoms with Gasteiger partial charge in [-0.2, -0.15) is 0 Å². The van der Waals surface area contributed by atoms with Crippen molar-refractivity contribution in [2.24, 2.45) is 0 Å². The smallest absolute Gasteiger partial charge is 0.253 e. The number of nitrogens with one attached hydrogen (secondary N) is 1. The molecule has 20 heavy (non-hydrogen) atoms. The summed E-state index contributed by atoms with van der Waals surface area (Å²) >= 11 is 3.32. The number of nitrogens with zero attached hydrogens (tertiary/aromatic N) is 1. The van der Waals surface area contributed by atoms with E-state index >= 15 is 0 Å². The number of carbonyl (C=O) groups excluding carboxylic acids is 1. The Hall–Kier alpha value is -0.490. The highest BCUT2D eigenvalue weighted by Crippen LogP contribution is 2.18. The van der Waals surface area contributed by atoms with Crippen LogP contribution in [0.1, 0.15) is 23.2 Å². The lowest BCUT2D eigenvalue weighted by Crippen LogP contribution is -2.33. The van der Waals surface area contributed by atoms with Crippen LogP contribution in [0.2, 0.25) is 0 Å². The monoisotopic (exact) mass is 383 g/mol. The number of nitrogens with two attached hydrogens (primary N) is 1. The molecule has 4 nitrogen and oxygen atoms in total. The first-order chi connectivity index (χ1) is 8.66. The Morgan fingerprint density at radius 1 is 1.30 bits per heavy atom. The minimum atomic E-state index is -0.0980. The van der Waals surface area contributed by atoms with Crippen LogP contribution >= 0.6 is 40.7 Å². The van der Waals surface area contributed by atoms with Gasteiger partial charge in [0.2, 0.25) is 0 Å². The molecule has 1 aliphatic heterocycles. The average Bonchev–Trinajstić information content (AvgIpc) is 2.81. The standard InChI is InChI=1S/C13H18BrN3O.2ClH/c14-10-3-4-11(12(15)9-10)13(18)16-5-8-17-6-1-2-7-17;;/h3-4,9H,1-2,5-8,15H2,(H,16,18);2*1H. The van der Waals surface area contributed by atoms with Gasteiger partial charge >= 0.3 is 0 Å². The number of benzene rings is 1. The first-order valence-corrected chi connectivity index (χ1v) is 7.02. The molecule has 2 rings (SSSR count). The third-order valence-corrected chi connectivity index (χ3v) is 3.66. The number of hydrogen-bond donors (Lipinski definition) is 2. The van der Waals surface area contributed by atoms with Crippen LogP contribution in [0, 0.1) is 0 Å². The van der Waals surface area contributed by atoms with Crippen molar-refractivity contribution in [1.82, 2.24) is 10.2 Å².